The quantitative estimate of drug-likeness (QED) is 0.853. The van der Waals surface area contributed by atoms with Crippen LogP contribution in [0.4, 0.5) is 0 Å². The van der Waals surface area contributed by atoms with Crippen LogP contribution in [0.5, 0.6) is 0 Å². The van der Waals surface area contributed by atoms with Crippen molar-refractivity contribution < 1.29 is 4.79 Å². The highest BCUT2D eigenvalue weighted by molar-refractivity contribution is 5.94. The van der Waals surface area contributed by atoms with E-state index in [2.05, 4.69) is 10.3 Å². The fourth-order valence-electron chi connectivity index (χ4n) is 2.41. The van der Waals surface area contributed by atoms with E-state index in [0.717, 1.165) is 37.9 Å². The van der Waals surface area contributed by atoms with Gasteiger partial charge < -0.3 is 11.1 Å². The van der Waals surface area contributed by atoms with Crippen LogP contribution in [0.25, 0.3) is 0 Å². The van der Waals surface area contributed by atoms with E-state index in [4.69, 9.17) is 5.73 Å². The molecule has 1 fully saturated rings. The number of rotatable bonds is 3. The Kier molecular flexibility index (Phi) is 4.31. The summed E-state index contributed by atoms with van der Waals surface area (Å²) in [6, 6.07) is 3.98. The van der Waals surface area contributed by atoms with Gasteiger partial charge in [-0.05, 0) is 57.2 Å². The lowest BCUT2D eigenvalue weighted by atomic mass is 9.86. The summed E-state index contributed by atoms with van der Waals surface area (Å²) in [5.74, 6) is 0.623. The Labute approximate surface area is 108 Å². The molecular formula is C14H21N3O. The highest BCUT2D eigenvalue weighted by Gasteiger charge is 2.21. The minimum absolute atomic E-state index is 0.0151. The molecule has 1 saturated carbocycles. The van der Waals surface area contributed by atoms with Crippen LogP contribution >= 0.6 is 0 Å². The van der Waals surface area contributed by atoms with Gasteiger partial charge in [-0.2, -0.15) is 0 Å². The topological polar surface area (TPSA) is 68.0 Å². The van der Waals surface area contributed by atoms with Crippen molar-refractivity contribution in [2.45, 2.75) is 38.6 Å². The number of aromatic nitrogens is 1. The predicted octanol–water partition coefficient (Wildman–Crippen LogP) is 1.64. The first-order chi connectivity index (χ1) is 8.69. The maximum absolute atomic E-state index is 12.0. The predicted molar refractivity (Wildman–Crippen MR) is 71.2 cm³/mol. The van der Waals surface area contributed by atoms with Gasteiger partial charge in [-0.1, -0.05) is 0 Å². The highest BCUT2D eigenvalue weighted by Crippen LogP contribution is 2.23. The normalized spacial score (nSPS) is 23.7. The number of hydrogen-bond donors (Lipinski definition) is 2. The van der Waals surface area contributed by atoms with Crippen molar-refractivity contribution in [3.05, 3.63) is 29.6 Å². The summed E-state index contributed by atoms with van der Waals surface area (Å²) in [6.45, 7) is 2.68. The first-order valence-electron chi connectivity index (χ1n) is 6.62. The van der Waals surface area contributed by atoms with E-state index >= 15 is 0 Å². The maximum atomic E-state index is 12.0. The van der Waals surface area contributed by atoms with Crippen LogP contribution in [0, 0.1) is 12.8 Å². The number of pyridine rings is 1. The molecule has 1 amide bonds. The molecule has 2 rings (SSSR count). The number of nitrogens with zero attached hydrogens (tertiary/aromatic N) is 1. The van der Waals surface area contributed by atoms with Crippen LogP contribution in [-0.2, 0) is 0 Å². The molecule has 0 aliphatic heterocycles. The minimum Gasteiger partial charge on any atom is -0.349 e. The van der Waals surface area contributed by atoms with Crippen molar-refractivity contribution in [2.75, 3.05) is 6.54 Å². The molecule has 4 heteroatoms. The largest absolute Gasteiger partial charge is 0.349 e. The molecule has 1 aromatic heterocycles. The lowest BCUT2D eigenvalue weighted by Crippen LogP contribution is -2.38. The van der Waals surface area contributed by atoms with Gasteiger partial charge in [0.05, 0.1) is 5.56 Å². The van der Waals surface area contributed by atoms with Crippen LogP contribution in [0.1, 0.15) is 41.7 Å². The van der Waals surface area contributed by atoms with Crippen LogP contribution in [0.2, 0.25) is 0 Å². The molecule has 0 spiro atoms. The number of nitrogens with two attached hydrogens (primary N) is 1. The van der Waals surface area contributed by atoms with Gasteiger partial charge in [0.25, 0.3) is 5.91 Å². The van der Waals surface area contributed by atoms with E-state index in [9.17, 15) is 4.79 Å². The van der Waals surface area contributed by atoms with E-state index < -0.39 is 0 Å². The van der Waals surface area contributed by atoms with Crippen molar-refractivity contribution >= 4 is 5.91 Å². The van der Waals surface area contributed by atoms with E-state index in [1.807, 2.05) is 19.1 Å². The SMILES string of the molecule is Cc1ccc(C(=O)NC2CCC(CN)CC2)cn1. The van der Waals surface area contributed by atoms with Gasteiger partial charge in [-0.25, -0.2) is 0 Å². The smallest absolute Gasteiger partial charge is 0.253 e. The third-order valence-corrected chi connectivity index (χ3v) is 3.69. The fourth-order valence-corrected chi connectivity index (χ4v) is 2.41. The van der Waals surface area contributed by atoms with E-state index in [1.54, 1.807) is 6.20 Å². The van der Waals surface area contributed by atoms with Crippen LogP contribution < -0.4 is 11.1 Å². The summed E-state index contributed by atoms with van der Waals surface area (Å²) in [5.41, 5.74) is 7.23. The Morgan fingerprint density at radius 2 is 2.11 bits per heavy atom. The second kappa shape index (κ2) is 5.96. The molecule has 1 aliphatic carbocycles. The standard InChI is InChI=1S/C14H21N3O/c1-10-2-5-12(9-16-10)14(18)17-13-6-3-11(8-15)4-7-13/h2,5,9,11,13H,3-4,6-8,15H2,1H3,(H,17,18). The number of nitrogens with one attached hydrogen (secondary N) is 1. The third-order valence-electron chi connectivity index (χ3n) is 3.69. The van der Waals surface area contributed by atoms with Crippen LogP contribution in [-0.4, -0.2) is 23.5 Å². The molecule has 0 bridgehead atoms. The Bertz CT molecular complexity index is 394. The molecule has 98 valence electrons. The molecule has 4 nitrogen and oxygen atoms in total. The summed E-state index contributed by atoms with van der Waals surface area (Å²) in [6.07, 6.45) is 5.94. The molecule has 0 radical (unpaired) electrons. The van der Waals surface area contributed by atoms with Gasteiger partial charge in [-0.3, -0.25) is 9.78 Å². The Morgan fingerprint density at radius 1 is 1.39 bits per heavy atom. The zero-order chi connectivity index (χ0) is 13.0. The van der Waals surface area contributed by atoms with Gasteiger partial charge in [0, 0.05) is 17.9 Å². The van der Waals surface area contributed by atoms with Crippen molar-refractivity contribution in [1.82, 2.24) is 10.3 Å². The molecule has 1 aliphatic rings. The van der Waals surface area contributed by atoms with Crippen LogP contribution in [0.3, 0.4) is 0 Å². The van der Waals surface area contributed by atoms with E-state index in [1.165, 1.54) is 0 Å². The third kappa shape index (κ3) is 3.29. The average molecular weight is 247 g/mol. The number of amides is 1. The molecule has 18 heavy (non-hydrogen) atoms. The Hall–Kier alpha value is -1.42. The number of aryl methyl sites for hydroxylation is 1. The highest BCUT2D eigenvalue weighted by atomic mass is 16.1. The second-order valence-electron chi connectivity index (χ2n) is 5.12. The van der Waals surface area contributed by atoms with E-state index in [0.29, 0.717) is 17.5 Å². The average Bonchev–Trinajstić information content (AvgIpc) is 2.40. The van der Waals surface area contributed by atoms with Gasteiger partial charge in [0.2, 0.25) is 0 Å². The summed E-state index contributed by atoms with van der Waals surface area (Å²) < 4.78 is 0. The zero-order valence-electron chi connectivity index (χ0n) is 10.9. The Balaban J connectivity index is 1.86. The Morgan fingerprint density at radius 3 is 2.67 bits per heavy atom. The van der Waals surface area contributed by atoms with Gasteiger partial charge >= 0.3 is 0 Å². The van der Waals surface area contributed by atoms with Crippen molar-refractivity contribution in [2.24, 2.45) is 11.7 Å². The molecule has 0 atom stereocenters. The number of carbonyl (C=O) groups excluding carboxylic acids is 1. The van der Waals surface area contributed by atoms with Crippen LogP contribution in [0.15, 0.2) is 18.3 Å². The lowest BCUT2D eigenvalue weighted by Gasteiger charge is -2.28. The summed E-state index contributed by atoms with van der Waals surface area (Å²) in [4.78, 5) is 16.1. The first-order valence-corrected chi connectivity index (χ1v) is 6.62. The van der Waals surface area contributed by atoms with Crippen molar-refractivity contribution in [3.63, 3.8) is 0 Å². The molecule has 0 unspecified atom stereocenters. The van der Waals surface area contributed by atoms with Gasteiger partial charge in [0.15, 0.2) is 0 Å². The fraction of sp³-hybridized carbons (Fsp3) is 0.571. The molecule has 1 heterocycles. The molecule has 1 aromatic rings. The monoisotopic (exact) mass is 247 g/mol. The van der Waals surface area contributed by atoms with Gasteiger partial charge in [0.1, 0.15) is 0 Å². The van der Waals surface area contributed by atoms with E-state index in [-0.39, 0.29) is 5.91 Å². The summed E-state index contributed by atoms with van der Waals surface area (Å²) >= 11 is 0. The molecule has 0 aromatic carbocycles. The zero-order valence-corrected chi connectivity index (χ0v) is 10.9. The molecule has 3 N–H and O–H groups in total. The molecule has 0 saturated heterocycles. The van der Waals surface area contributed by atoms with Gasteiger partial charge in [-0.15, -0.1) is 0 Å². The summed E-state index contributed by atoms with van der Waals surface area (Å²) in [5, 5.41) is 3.08. The maximum Gasteiger partial charge on any atom is 0.253 e. The number of carbonyl (C=O) groups is 1. The lowest BCUT2D eigenvalue weighted by molar-refractivity contribution is 0.0922. The second-order valence-corrected chi connectivity index (χ2v) is 5.12. The van der Waals surface area contributed by atoms with Crippen molar-refractivity contribution in [1.29, 1.82) is 0 Å². The summed E-state index contributed by atoms with van der Waals surface area (Å²) in [7, 11) is 0. The van der Waals surface area contributed by atoms with Crippen molar-refractivity contribution in [3.8, 4) is 0 Å². The number of hydrogen-bond acceptors (Lipinski definition) is 3. The molecular weight excluding hydrogens is 226 g/mol. The first kappa shape index (κ1) is 13.0. The minimum atomic E-state index is -0.0151.